The molecule has 1 heterocycles. The quantitative estimate of drug-likeness (QED) is 0.858. The lowest BCUT2D eigenvalue weighted by Crippen LogP contribution is -2.03. The van der Waals surface area contributed by atoms with Gasteiger partial charge in [0.05, 0.1) is 23.4 Å². The van der Waals surface area contributed by atoms with Gasteiger partial charge in [0.2, 0.25) is 5.88 Å². The van der Waals surface area contributed by atoms with E-state index in [1.165, 1.54) is 18.5 Å². The molecule has 0 amide bonds. The molecule has 0 bridgehead atoms. The molecule has 0 aliphatic heterocycles. The number of halogens is 1. The van der Waals surface area contributed by atoms with Gasteiger partial charge in [-0.05, 0) is 48.0 Å². The third-order valence-corrected chi connectivity index (χ3v) is 3.44. The maximum atomic E-state index is 10.9. The van der Waals surface area contributed by atoms with Crippen LogP contribution in [0, 0.1) is 6.92 Å². The largest absolute Gasteiger partial charge is 0.478 e. The van der Waals surface area contributed by atoms with Crippen LogP contribution in [-0.4, -0.2) is 27.7 Å². The summed E-state index contributed by atoms with van der Waals surface area (Å²) in [5.74, 6) is 0.157. The van der Waals surface area contributed by atoms with Crippen LogP contribution in [0.4, 0.5) is 11.5 Å². The predicted molar refractivity (Wildman–Crippen MR) is 82.3 cm³/mol. The fourth-order valence-corrected chi connectivity index (χ4v) is 2.20. The Kier molecular flexibility index (Phi) is 4.74. The van der Waals surface area contributed by atoms with Gasteiger partial charge in [0.15, 0.2) is 0 Å². The zero-order valence-corrected chi connectivity index (χ0v) is 13.1. The van der Waals surface area contributed by atoms with Gasteiger partial charge in [-0.2, -0.15) is 0 Å². The van der Waals surface area contributed by atoms with Crippen molar-refractivity contribution in [2.75, 3.05) is 11.9 Å². The van der Waals surface area contributed by atoms with Crippen molar-refractivity contribution in [1.82, 2.24) is 9.97 Å². The Balaban J connectivity index is 2.30. The van der Waals surface area contributed by atoms with E-state index in [4.69, 9.17) is 9.84 Å². The normalized spacial score (nSPS) is 10.2. The number of carboxylic acids is 1. The van der Waals surface area contributed by atoms with Gasteiger partial charge in [-0.1, -0.05) is 0 Å². The van der Waals surface area contributed by atoms with Crippen molar-refractivity contribution in [1.29, 1.82) is 0 Å². The van der Waals surface area contributed by atoms with Gasteiger partial charge in [-0.3, -0.25) is 0 Å². The van der Waals surface area contributed by atoms with Crippen molar-refractivity contribution in [3.63, 3.8) is 0 Å². The molecule has 0 fully saturated rings. The van der Waals surface area contributed by atoms with Crippen molar-refractivity contribution < 1.29 is 14.6 Å². The van der Waals surface area contributed by atoms with Gasteiger partial charge >= 0.3 is 5.97 Å². The zero-order chi connectivity index (χ0) is 15.4. The van der Waals surface area contributed by atoms with Crippen molar-refractivity contribution in [2.45, 2.75) is 13.8 Å². The smallest absolute Gasteiger partial charge is 0.335 e. The molecule has 7 heteroatoms. The summed E-state index contributed by atoms with van der Waals surface area (Å²) in [6.07, 6.45) is 1.42. The van der Waals surface area contributed by atoms with E-state index in [1.807, 2.05) is 13.8 Å². The van der Waals surface area contributed by atoms with Crippen LogP contribution < -0.4 is 10.1 Å². The van der Waals surface area contributed by atoms with Crippen molar-refractivity contribution in [3.8, 4) is 5.88 Å². The van der Waals surface area contributed by atoms with E-state index in [-0.39, 0.29) is 5.56 Å². The second-order valence-corrected chi connectivity index (χ2v) is 5.06. The van der Waals surface area contributed by atoms with E-state index < -0.39 is 5.97 Å². The van der Waals surface area contributed by atoms with Crippen LogP contribution in [0.5, 0.6) is 5.88 Å². The maximum absolute atomic E-state index is 10.9. The third-order valence-electron chi connectivity index (χ3n) is 2.79. The number of anilines is 2. The highest BCUT2D eigenvalue weighted by Gasteiger charge is 2.11. The molecule has 6 nitrogen and oxygen atoms in total. The standard InChI is InChI=1S/C14H14BrN3O3/c1-3-21-13-8(2)12(16-7-17-13)18-11-5-4-9(14(19)20)6-10(11)15/h4-7H,3H2,1-2H3,(H,19,20)(H,16,17,18). The molecule has 1 aromatic heterocycles. The Hall–Kier alpha value is -2.15. The van der Waals surface area contributed by atoms with Gasteiger partial charge in [-0.15, -0.1) is 0 Å². The first-order chi connectivity index (χ1) is 10.0. The minimum atomic E-state index is -0.973. The second-order valence-electron chi connectivity index (χ2n) is 4.21. The van der Waals surface area contributed by atoms with Crippen LogP contribution >= 0.6 is 15.9 Å². The van der Waals surface area contributed by atoms with Gasteiger partial charge in [-0.25, -0.2) is 14.8 Å². The summed E-state index contributed by atoms with van der Waals surface area (Å²) in [4.78, 5) is 19.2. The Bertz CT molecular complexity index is 677. The third kappa shape index (κ3) is 3.49. The van der Waals surface area contributed by atoms with Crippen LogP contribution in [-0.2, 0) is 0 Å². The van der Waals surface area contributed by atoms with E-state index >= 15 is 0 Å². The number of aromatic carboxylic acids is 1. The van der Waals surface area contributed by atoms with Crippen LogP contribution in [0.25, 0.3) is 0 Å². The molecule has 0 saturated carbocycles. The number of nitrogens with zero attached hydrogens (tertiary/aromatic N) is 2. The number of nitrogens with one attached hydrogen (secondary N) is 1. The molecule has 1 aromatic carbocycles. The molecule has 2 aromatic rings. The van der Waals surface area contributed by atoms with Crippen LogP contribution in [0.2, 0.25) is 0 Å². The monoisotopic (exact) mass is 351 g/mol. The van der Waals surface area contributed by atoms with E-state index in [0.29, 0.717) is 28.5 Å². The fraction of sp³-hybridized carbons (Fsp3) is 0.214. The van der Waals surface area contributed by atoms with Crippen molar-refractivity contribution >= 4 is 33.4 Å². The summed E-state index contributed by atoms with van der Waals surface area (Å²) >= 11 is 3.35. The minimum absolute atomic E-state index is 0.210. The molecule has 0 unspecified atom stereocenters. The Morgan fingerprint density at radius 1 is 1.43 bits per heavy atom. The Labute approximate surface area is 130 Å². The summed E-state index contributed by atoms with van der Waals surface area (Å²) in [5, 5.41) is 12.1. The van der Waals surface area contributed by atoms with Crippen LogP contribution in [0.3, 0.4) is 0 Å². The summed E-state index contributed by atoms with van der Waals surface area (Å²) in [6.45, 7) is 4.26. The molecule has 0 spiro atoms. The maximum Gasteiger partial charge on any atom is 0.335 e. The van der Waals surface area contributed by atoms with Gasteiger partial charge < -0.3 is 15.2 Å². The molecule has 0 aliphatic rings. The molecule has 110 valence electrons. The number of hydrogen-bond acceptors (Lipinski definition) is 5. The van der Waals surface area contributed by atoms with Crippen molar-refractivity contribution in [3.05, 3.63) is 40.1 Å². The summed E-state index contributed by atoms with van der Waals surface area (Å²) in [6, 6.07) is 4.73. The van der Waals surface area contributed by atoms with E-state index in [1.54, 1.807) is 6.07 Å². The molecular formula is C14H14BrN3O3. The first-order valence-electron chi connectivity index (χ1n) is 6.27. The molecule has 2 N–H and O–H groups in total. The number of benzene rings is 1. The topological polar surface area (TPSA) is 84.3 Å². The van der Waals surface area contributed by atoms with E-state index in [9.17, 15) is 4.79 Å². The molecule has 0 saturated heterocycles. The summed E-state index contributed by atoms with van der Waals surface area (Å²) in [7, 11) is 0. The number of carbonyl (C=O) groups is 1. The average molecular weight is 352 g/mol. The molecule has 0 atom stereocenters. The van der Waals surface area contributed by atoms with Crippen LogP contribution in [0.1, 0.15) is 22.8 Å². The zero-order valence-electron chi connectivity index (χ0n) is 11.6. The van der Waals surface area contributed by atoms with Crippen molar-refractivity contribution in [2.24, 2.45) is 0 Å². The lowest BCUT2D eigenvalue weighted by molar-refractivity contribution is 0.0697. The SMILES string of the molecule is CCOc1ncnc(Nc2ccc(C(=O)O)cc2Br)c1C. The van der Waals surface area contributed by atoms with Gasteiger partial charge in [0.1, 0.15) is 12.1 Å². The van der Waals surface area contributed by atoms with Gasteiger partial charge in [0, 0.05) is 4.47 Å². The highest BCUT2D eigenvalue weighted by Crippen LogP contribution is 2.29. The second kappa shape index (κ2) is 6.53. The molecule has 21 heavy (non-hydrogen) atoms. The lowest BCUT2D eigenvalue weighted by Gasteiger charge is -2.12. The molecule has 0 aliphatic carbocycles. The molecular weight excluding hydrogens is 338 g/mol. The number of aromatic nitrogens is 2. The average Bonchev–Trinajstić information content (AvgIpc) is 2.45. The highest BCUT2D eigenvalue weighted by atomic mass is 79.9. The lowest BCUT2D eigenvalue weighted by atomic mass is 10.2. The number of carboxylic acid groups (broad SMARTS) is 1. The van der Waals surface area contributed by atoms with Crippen LogP contribution in [0.15, 0.2) is 29.0 Å². The summed E-state index contributed by atoms with van der Waals surface area (Å²) in [5.41, 5.74) is 1.71. The first-order valence-corrected chi connectivity index (χ1v) is 7.06. The highest BCUT2D eigenvalue weighted by molar-refractivity contribution is 9.10. The summed E-state index contributed by atoms with van der Waals surface area (Å²) < 4.78 is 6.05. The first kappa shape index (κ1) is 15.2. The Morgan fingerprint density at radius 3 is 2.81 bits per heavy atom. The van der Waals surface area contributed by atoms with E-state index in [0.717, 1.165) is 5.56 Å². The Morgan fingerprint density at radius 2 is 2.19 bits per heavy atom. The number of ether oxygens (including phenoxy) is 1. The fourth-order valence-electron chi connectivity index (χ4n) is 1.72. The predicted octanol–water partition coefficient (Wildman–Crippen LogP) is 3.39. The minimum Gasteiger partial charge on any atom is -0.478 e. The van der Waals surface area contributed by atoms with Gasteiger partial charge in [0.25, 0.3) is 0 Å². The van der Waals surface area contributed by atoms with E-state index in [2.05, 4.69) is 31.2 Å². The molecule has 2 rings (SSSR count). The number of hydrogen-bond donors (Lipinski definition) is 2. The number of rotatable bonds is 5. The molecule has 0 radical (unpaired) electrons.